The number of Topliss-reactive ketones (excluding diaryl/α,β-unsaturated/α-hetero) is 1. The van der Waals surface area contributed by atoms with E-state index in [0.717, 1.165) is 47.3 Å². The van der Waals surface area contributed by atoms with Gasteiger partial charge in [0.2, 0.25) is 0 Å². The van der Waals surface area contributed by atoms with Gasteiger partial charge < -0.3 is 16.0 Å². The molecule has 3 aromatic heterocycles. The Balaban J connectivity index is 1.20. The molecule has 196 valence electrons. The maximum atomic E-state index is 13.3. The van der Waals surface area contributed by atoms with Crippen molar-refractivity contribution in [2.75, 3.05) is 10.6 Å². The molecular weight excluding hydrogens is 496 g/mol. The number of benzene rings is 1. The fourth-order valence-electron chi connectivity index (χ4n) is 4.88. The number of nitrogens with zero attached hydrogens (tertiary/aromatic N) is 3. The van der Waals surface area contributed by atoms with Crippen molar-refractivity contribution in [1.82, 2.24) is 20.3 Å². The first-order chi connectivity index (χ1) is 18.4. The predicted molar refractivity (Wildman–Crippen MR) is 152 cm³/mol. The Morgan fingerprint density at radius 3 is 2.63 bits per heavy atom. The van der Waals surface area contributed by atoms with Gasteiger partial charge in [0, 0.05) is 42.7 Å². The maximum absolute atomic E-state index is 13.3. The summed E-state index contributed by atoms with van der Waals surface area (Å²) in [4.78, 5) is 38.8. The van der Waals surface area contributed by atoms with E-state index < -0.39 is 0 Å². The van der Waals surface area contributed by atoms with Gasteiger partial charge in [-0.3, -0.25) is 14.6 Å². The second-order valence-electron chi connectivity index (χ2n) is 10.1. The highest BCUT2D eigenvalue weighted by Gasteiger charge is 2.26. The van der Waals surface area contributed by atoms with E-state index in [0.29, 0.717) is 29.4 Å². The minimum Gasteiger partial charge on any atom is -0.382 e. The van der Waals surface area contributed by atoms with Gasteiger partial charge in [0.1, 0.15) is 11.5 Å². The standard InChI is InChI=1S/C29H32N6O2S/c1-18(2)33-25-15-28(34-21-10-11-24-27(14-21)38-17-32-24)31-16-22(25)29(37)35-20-8-6-19(7-9-20)13-26(36)23-5-3-4-12-30-23/h3-5,10-12,14-20H,6-9,13H2,1-2H3,(H,35,37)(H2,31,33,34). The van der Waals surface area contributed by atoms with Crippen LogP contribution in [-0.4, -0.2) is 38.7 Å². The third kappa shape index (κ3) is 6.34. The Morgan fingerprint density at radius 1 is 1.03 bits per heavy atom. The Morgan fingerprint density at radius 2 is 1.87 bits per heavy atom. The third-order valence-corrected chi connectivity index (χ3v) is 7.59. The van der Waals surface area contributed by atoms with Crippen molar-refractivity contribution in [3.8, 4) is 0 Å². The van der Waals surface area contributed by atoms with Crippen LogP contribution in [0.2, 0.25) is 0 Å². The quantitative estimate of drug-likeness (QED) is 0.222. The number of nitrogens with one attached hydrogen (secondary N) is 3. The molecule has 0 spiro atoms. The lowest BCUT2D eigenvalue weighted by Gasteiger charge is -2.29. The molecule has 0 bridgehead atoms. The van der Waals surface area contributed by atoms with Gasteiger partial charge in [-0.25, -0.2) is 9.97 Å². The van der Waals surface area contributed by atoms with Crippen molar-refractivity contribution < 1.29 is 9.59 Å². The number of thiazole rings is 1. The summed E-state index contributed by atoms with van der Waals surface area (Å²) in [6.45, 7) is 4.08. The summed E-state index contributed by atoms with van der Waals surface area (Å²) in [6, 6.07) is 13.5. The SMILES string of the molecule is CC(C)Nc1cc(Nc2ccc3ncsc3c2)ncc1C(=O)NC1CCC(CC(=O)c2ccccn2)CC1. The van der Waals surface area contributed by atoms with Crippen molar-refractivity contribution in [2.24, 2.45) is 5.92 Å². The Kier molecular flexibility index (Phi) is 7.93. The monoisotopic (exact) mass is 528 g/mol. The molecular formula is C29H32N6O2S. The Bertz CT molecular complexity index is 1410. The smallest absolute Gasteiger partial charge is 0.255 e. The van der Waals surface area contributed by atoms with Gasteiger partial charge in [-0.15, -0.1) is 11.3 Å². The van der Waals surface area contributed by atoms with Crippen LogP contribution in [0.15, 0.2) is 60.4 Å². The number of pyridine rings is 2. The van der Waals surface area contributed by atoms with Crippen molar-refractivity contribution in [2.45, 2.75) is 58.0 Å². The fraction of sp³-hybridized carbons (Fsp3) is 0.345. The molecule has 1 amide bonds. The van der Waals surface area contributed by atoms with Gasteiger partial charge in [-0.2, -0.15) is 0 Å². The lowest BCUT2D eigenvalue weighted by atomic mass is 9.82. The highest BCUT2D eigenvalue weighted by Crippen LogP contribution is 2.29. The summed E-state index contributed by atoms with van der Waals surface area (Å²) in [5.41, 5.74) is 5.51. The first-order valence-corrected chi connectivity index (χ1v) is 13.9. The number of carbonyl (C=O) groups is 2. The van der Waals surface area contributed by atoms with Crippen molar-refractivity contribution in [1.29, 1.82) is 0 Å². The topological polar surface area (TPSA) is 109 Å². The average Bonchev–Trinajstić information content (AvgIpc) is 3.38. The number of hydrogen-bond acceptors (Lipinski definition) is 8. The van der Waals surface area contributed by atoms with E-state index in [1.165, 1.54) is 0 Å². The molecule has 0 radical (unpaired) electrons. The summed E-state index contributed by atoms with van der Waals surface area (Å²) < 4.78 is 1.10. The summed E-state index contributed by atoms with van der Waals surface area (Å²) in [5, 5.41) is 9.94. The number of rotatable bonds is 9. The fourth-order valence-corrected chi connectivity index (χ4v) is 5.60. The van der Waals surface area contributed by atoms with Gasteiger partial charge in [-0.1, -0.05) is 6.07 Å². The summed E-state index contributed by atoms with van der Waals surface area (Å²) >= 11 is 1.59. The highest BCUT2D eigenvalue weighted by atomic mass is 32.1. The molecule has 5 rings (SSSR count). The third-order valence-electron chi connectivity index (χ3n) is 6.80. The van der Waals surface area contributed by atoms with Crippen LogP contribution in [0.5, 0.6) is 0 Å². The van der Waals surface area contributed by atoms with Gasteiger partial charge in [0.05, 0.1) is 27.0 Å². The lowest BCUT2D eigenvalue weighted by molar-refractivity contribution is 0.0895. The van der Waals surface area contributed by atoms with E-state index in [1.807, 2.05) is 55.8 Å². The molecule has 3 N–H and O–H groups in total. The van der Waals surface area contributed by atoms with Crippen LogP contribution in [0.4, 0.5) is 17.2 Å². The van der Waals surface area contributed by atoms with Crippen molar-refractivity contribution in [3.05, 3.63) is 71.6 Å². The predicted octanol–water partition coefficient (Wildman–Crippen LogP) is 6.21. The number of ketones is 1. The second kappa shape index (κ2) is 11.7. The molecule has 1 fully saturated rings. The van der Waals surface area contributed by atoms with Crippen LogP contribution in [0, 0.1) is 5.92 Å². The molecule has 1 saturated carbocycles. The average molecular weight is 529 g/mol. The molecule has 1 aliphatic carbocycles. The molecule has 0 unspecified atom stereocenters. The molecule has 0 saturated heterocycles. The van der Waals surface area contributed by atoms with Gasteiger partial charge in [0.15, 0.2) is 5.78 Å². The highest BCUT2D eigenvalue weighted by molar-refractivity contribution is 7.16. The summed E-state index contributed by atoms with van der Waals surface area (Å²) in [6.07, 6.45) is 7.32. The first kappa shape index (κ1) is 25.8. The number of carbonyl (C=O) groups excluding carboxylic acids is 2. The molecule has 4 aromatic rings. The minimum atomic E-state index is -0.133. The molecule has 1 aliphatic rings. The number of aromatic nitrogens is 3. The molecule has 38 heavy (non-hydrogen) atoms. The zero-order valence-electron chi connectivity index (χ0n) is 21.6. The van der Waals surface area contributed by atoms with Crippen LogP contribution in [0.1, 0.15) is 66.8 Å². The van der Waals surface area contributed by atoms with Gasteiger partial charge in [0.25, 0.3) is 5.91 Å². The van der Waals surface area contributed by atoms with Crippen molar-refractivity contribution in [3.63, 3.8) is 0 Å². The zero-order chi connectivity index (χ0) is 26.5. The van der Waals surface area contributed by atoms with Crippen LogP contribution in [0.25, 0.3) is 10.2 Å². The van der Waals surface area contributed by atoms with Crippen LogP contribution >= 0.6 is 11.3 Å². The number of amides is 1. The van der Waals surface area contributed by atoms with Gasteiger partial charge in [-0.05, 0) is 75.8 Å². The normalized spacial score (nSPS) is 17.3. The Labute approximate surface area is 226 Å². The molecule has 8 nitrogen and oxygen atoms in total. The van der Waals surface area contributed by atoms with E-state index in [9.17, 15) is 9.59 Å². The Hall–Kier alpha value is -3.85. The molecule has 0 aliphatic heterocycles. The van der Waals surface area contributed by atoms with Gasteiger partial charge >= 0.3 is 0 Å². The zero-order valence-corrected chi connectivity index (χ0v) is 22.4. The lowest BCUT2D eigenvalue weighted by Crippen LogP contribution is -2.38. The van der Waals surface area contributed by atoms with E-state index in [4.69, 9.17) is 0 Å². The summed E-state index contributed by atoms with van der Waals surface area (Å²) in [7, 11) is 0. The van der Waals surface area contributed by atoms with Crippen LogP contribution in [-0.2, 0) is 0 Å². The first-order valence-electron chi connectivity index (χ1n) is 13.1. The van der Waals surface area contributed by atoms with E-state index in [1.54, 1.807) is 29.8 Å². The largest absolute Gasteiger partial charge is 0.382 e. The number of fused-ring (bicyclic) bond motifs is 1. The van der Waals surface area contributed by atoms with Crippen molar-refractivity contribution >= 4 is 50.4 Å². The minimum absolute atomic E-state index is 0.0829. The van der Waals surface area contributed by atoms with E-state index in [-0.39, 0.29) is 23.8 Å². The second-order valence-corrected chi connectivity index (χ2v) is 11.0. The molecule has 0 atom stereocenters. The number of anilines is 3. The molecule has 1 aromatic carbocycles. The number of hydrogen-bond donors (Lipinski definition) is 3. The maximum Gasteiger partial charge on any atom is 0.255 e. The summed E-state index contributed by atoms with van der Waals surface area (Å²) in [5.74, 6) is 0.944. The van der Waals surface area contributed by atoms with Crippen LogP contribution in [0.3, 0.4) is 0 Å². The molecule has 3 heterocycles. The van der Waals surface area contributed by atoms with E-state index >= 15 is 0 Å². The van der Waals surface area contributed by atoms with E-state index in [2.05, 4.69) is 30.9 Å². The van der Waals surface area contributed by atoms with Crippen LogP contribution < -0.4 is 16.0 Å². The molecule has 9 heteroatoms.